The Morgan fingerprint density at radius 2 is 2.31 bits per heavy atom. The number of hydrogen-bond donors (Lipinski definition) is 1. The summed E-state index contributed by atoms with van der Waals surface area (Å²) in [6.45, 7) is 1.88. The summed E-state index contributed by atoms with van der Waals surface area (Å²) in [6.07, 6.45) is 1.37. The predicted molar refractivity (Wildman–Crippen MR) is 55.7 cm³/mol. The molecule has 6 nitrogen and oxygen atoms in total. The highest BCUT2D eigenvalue weighted by molar-refractivity contribution is 6.43. The molecule has 6 heteroatoms. The SMILES string of the molecule is CCOC(=O)C(=NO)c1ccc(OC)nc1. The molecule has 0 aliphatic carbocycles. The van der Waals surface area contributed by atoms with Gasteiger partial charge < -0.3 is 14.7 Å². The number of ether oxygens (including phenoxy) is 2. The molecule has 1 heterocycles. The fourth-order valence-electron chi connectivity index (χ4n) is 1.06. The zero-order valence-electron chi connectivity index (χ0n) is 9.01. The van der Waals surface area contributed by atoms with Crippen LogP contribution in [0.15, 0.2) is 23.5 Å². The second-order valence-electron chi connectivity index (χ2n) is 2.76. The maximum Gasteiger partial charge on any atom is 0.361 e. The minimum Gasteiger partial charge on any atom is -0.481 e. The van der Waals surface area contributed by atoms with Crippen LogP contribution in [0.2, 0.25) is 0 Å². The Kier molecular flexibility index (Phi) is 4.26. The quantitative estimate of drug-likeness (QED) is 0.354. The summed E-state index contributed by atoms with van der Waals surface area (Å²) in [5.41, 5.74) is 0.179. The lowest BCUT2D eigenvalue weighted by atomic mass is 10.2. The average molecular weight is 224 g/mol. The van der Waals surface area contributed by atoms with Gasteiger partial charge in [-0.3, -0.25) is 0 Å². The van der Waals surface area contributed by atoms with Crippen molar-refractivity contribution in [2.24, 2.45) is 5.16 Å². The third-order valence-electron chi connectivity index (χ3n) is 1.79. The Morgan fingerprint density at radius 3 is 2.75 bits per heavy atom. The second kappa shape index (κ2) is 5.69. The summed E-state index contributed by atoms with van der Waals surface area (Å²) >= 11 is 0. The zero-order chi connectivity index (χ0) is 12.0. The number of hydrogen-bond acceptors (Lipinski definition) is 6. The van der Waals surface area contributed by atoms with Gasteiger partial charge in [0.05, 0.1) is 13.7 Å². The Hall–Kier alpha value is -2.11. The van der Waals surface area contributed by atoms with Crippen LogP contribution in [0.25, 0.3) is 0 Å². The molecular formula is C10H12N2O4. The number of pyridine rings is 1. The van der Waals surface area contributed by atoms with Crippen molar-refractivity contribution in [2.45, 2.75) is 6.92 Å². The maximum absolute atomic E-state index is 11.4. The molecule has 0 unspecified atom stereocenters. The molecule has 0 aliphatic rings. The molecule has 16 heavy (non-hydrogen) atoms. The van der Waals surface area contributed by atoms with Crippen molar-refractivity contribution >= 4 is 11.7 Å². The molecule has 1 aromatic rings. The molecule has 0 radical (unpaired) electrons. The van der Waals surface area contributed by atoms with E-state index in [1.54, 1.807) is 19.1 Å². The van der Waals surface area contributed by atoms with Crippen LogP contribution in [-0.2, 0) is 9.53 Å². The standard InChI is InChI=1S/C10H12N2O4/c1-3-16-10(13)9(12-14)7-4-5-8(15-2)11-6-7/h4-6,14H,3H2,1-2H3. The molecule has 1 aromatic heterocycles. The van der Waals surface area contributed by atoms with Crippen LogP contribution < -0.4 is 4.74 Å². The number of nitrogens with zero attached hydrogens (tertiary/aromatic N) is 2. The topological polar surface area (TPSA) is 81.0 Å². The molecule has 0 aliphatic heterocycles. The molecule has 0 saturated heterocycles. The minimum atomic E-state index is -0.697. The Labute approximate surface area is 92.5 Å². The van der Waals surface area contributed by atoms with E-state index < -0.39 is 5.97 Å². The summed E-state index contributed by atoms with van der Waals surface area (Å²) in [6, 6.07) is 3.11. The van der Waals surface area contributed by atoms with E-state index in [0.717, 1.165) is 0 Å². The normalized spacial score (nSPS) is 11.0. The third kappa shape index (κ3) is 2.69. The maximum atomic E-state index is 11.4. The molecule has 0 fully saturated rings. The van der Waals surface area contributed by atoms with Crippen LogP contribution in [0.5, 0.6) is 5.88 Å². The average Bonchev–Trinajstić information content (AvgIpc) is 2.31. The van der Waals surface area contributed by atoms with Crippen LogP contribution in [0, 0.1) is 0 Å². The fraction of sp³-hybridized carbons (Fsp3) is 0.300. The molecule has 0 amide bonds. The Morgan fingerprint density at radius 1 is 1.56 bits per heavy atom. The van der Waals surface area contributed by atoms with Crippen molar-refractivity contribution in [1.82, 2.24) is 4.98 Å². The number of methoxy groups -OCH3 is 1. The molecule has 0 atom stereocenters. The number of aromatic nitrogens is 1. The van der Waals surface area contributed by atoms with Crippen molar-refractivity contribution in [2.75, 3.05) is 13.7 Å². The van der Waals surface area contributed by atoms with Crippen LogP contribution >= 0.6 is 0 Å². The number of esters is 1. The molecule has 1 rings (SSSR count). The first-order valence-corrected chi connectivity index (χ1v) is 4.62. The Balaban J connectivity index is 2.92. The summed E-state index contributed by atoms with van der Waals surface area (Å²) in [5.74, 6) is -0.290. The molecular weight excluding hydrogens is 212 g/mol. The molecule has 0 aromatic carbocycles. The first kappa shape index (κ1) is 12.0. The van der Waals surface area contributed by atoms with Gasteiger partial charge in [0, 0.05) is 17.8 Å². The largest absolute Gasteiger partial charge is 0.481 e. The van der Waals surface area contributed by atoms with E-state index in [1.165, 1.54) is 13.3 Å². The minimum absolute atomic E-state index is 0.183. The van der Waals surface area contributed by atoms with Crippen molar-refractivity contribution in [3.63, 3.8) is 0 Å². The van der Waals surface area contributed by atoms with Gasteiger partial charge in [0.2, 0.25) is 5.88 Å². The van der Waals surface area contributed by atoms with Gasteiger partial charge in [-0.25, -0.2) is 9.78 Å². The van der Waals surface area contributed by atoms with E-state index in [-0.39, 0.29) is 12.3 Å². The van der Waals surface area contributed by atoms with Gasteiger partial charge in [-0.05, 0) is 13.0 Å². The lowest BCUT2D eigenvalue weighted by Crippen LogP contribution is -2.19. The van der Waals surface area contributed by atoms with Crippen LogP contribution in [0.1, 0.15) is 12.5 Å². The van der Waals surface area contributed by atoms with E-state index in [1.807, 2.05) is 0 Å². The van der Waals surface area contributed by atoms with Crippen LogP contribution in [-0.4, -0.2) is 35.6 Å². The van der Waals surface area contributed by atoms with Gasteiger partial charge in [-0.1, -0.05) is 5.16 Å². The summed E-state index contributed by atoms with van der Waals surface area (Å²) in [5, 5.41) is 11.6. The van der Waals surface area contributed by atoms with Gasteiger partial charge in [0.1, 0.15) is 0 Å². The van der Waals surface area contributed by atoms with E-state index in [0.29, 0.717) is 11.4 Å². The Bertz CT molecular complexity index is 386. The monoisotopic (exact) mass is 224 g/mol. The fourth-order valence-corrected chi connectivity index (χ4v) is 1.06. The van der Waals surface area contributed by atoms with E-state index in [4.69, 9.17) is 14.7 Å². The molecule has 0 saturated carbocycles. The zero-order valence-corrected chi connectivity index (χ0v) is 9.01. The predicted octanol–water partition coefficient (Wildman–Crippen LogP) is 0.832. The molecule has 0 bridgehead atoms. The van der Waals surface area contributed by atoms with Gasteiger partial charge >= 0.3 is 5.97 Å². The highest BCUT2D eigenvalue weighted by Gasteiger charge is 2.16. The lowest BCUT2D eigenvalue weighted by molar-refractivity contribution is -0.135. The number of carbonyl (C=O) groups is 1. The van der Waals surface area contributed by atoms with E-state index in [9.17, 15) is 4.79 Å². The number of carbonyl (C=O) groups excluding carboxylic acids is 1. The molecule has 0 spiro atoms. The van der Waals surface area contributed by atoms with Gasteiger partial charge in [0.25, 0.3) is 0 Å². The van der Waals surface area contributed by atoms with Crippen molar-refractivity contribution < 1.29 is 19.5 Å². The highest BCUT2D eigenvalue weighted by Crippen LogP contribution is 2.08. The summed E-state index contributed by atoms with van der Waals surface area (Å²) in [4.78, 5) is 15.2. The van der Waals surface area contributed by atoms with Crippen LogP contribution in [0.4, 0.5) is 0 Å². The van der Waals surface area contributed by atoms with Crippen molar-refractivity contribution in [3.05, 3.63) is 23.9 Å². The number of rotatable bonds is 4. The third-order valence-corrected chi connectivity index (χ3v) is 1.79. The lowest BCUT2D eigenvalue weighted by Gasteiger charge is -2.04. The highest BCUT2D eigenvalue weighted by atomic mass is 16.5. The summed E-state index contributed by atoms with van der Waals surface area (Å²) < 4.78 is 9.58. The summed E-state index contributed by atoms with van der Waals surface area (Å²) in [7, 11) is 1.48. The molecule has 1 N–H and O–H groups in total. The smallest absolute Gasteiger partial charge is 0.361 e. The van der Waals surface area contributed by atoms with Crippen LogP contribution in [0.3, 0.4) is 0 Å². The van der Waals surface area contributed by atoms with Gasteiger partial charge in [-0.2, -0.15) is 0 Å². The first-order valence-electron chi connectivity index (χ1n) is 4.62. The van der Waals surface area contributed by atoms with Gasteiger partial charge in [-0.15, -0.1) is 0 Å². The van der Waals surface area contributed by atoms with E-state index >= 15 is 0 Å². The van der Waals surface area contributed by atoms with Gasteiger partial charge in [0.15, 0.2) is 5.71 Å². The molecule has 86 valence electrons. The number of oxime groups is 1. The van der Waals surface area contributed by atoms with E-state index in [2.05, 4.69) is 10.1 Å². The first-order chi connectivity index (χ1) is 7.72. The van der Waals surface area contributed by atoms with Crippen molar-refractivity contribution in [3.8, 4) is 5.88 Å². The van der Waals surface area contributed by atoms with Crippen molar-refractivity contribution in [1.29, 1.82) is 0 Å². The second-order valence-corrected chi connectivity index (χ2v) is 2.76.